The maximum Gasteiger partial charge on any atom is 0.133 e. The van der Waals surface area contributed by atoms with Gasteiger partial charge in [0.1, 0.15) is 40.6 Å². The molecule has 0 radical (unpaired) electrons. The molecule has 0 saturated heterocycles. The molecular formula is C25H29BrClIN2O5. The fraction of sp³-hybridized carbons (Fsp3) is 0.400. The highest BCUT2D eigenvalue weighted by atomic mass is 127. The zero-order valence-electron chi connectivity index (χ0n) is 19.5. The molecule has 0 aliphatic carbocycles. The van der Waals surface area contributed by atoms with Gasteiger partial charge < -0.3 is 24.8 Å². The smallest absolute Gasteiger partial charge is 0.133 e. The van der Waals surface area contributed by atoms with Crippen LogP contribution in [0.3, 0.4) is 0 Å². The van der Waals surface area contributed by atoms with Gasteiger partial charge in [-0.3, -0.25) is 4.68 Å². The first-order valence-electron chi connectivity index (χ1n) is 11.0. The van der Waals surface area contributed by atoms with E-state index in [2.05, 4.69) is 57.5 Å². The number of alkyl halides is 1. The van der Waals surface area contributed by atoms with Crippen LogP contribution in [-0.2, 0) is 18.6 Å². The quantitative estimate of drug-likeness (QED) is 0.193. The maximum atomic E-state index is 10.3. The van der Waals surface area contributed by atoms with Crippen molar-refractivity contribution in [3.05, 3.63) is 73.5 Å². The fourth-order valence-electron chi connectivity index (χ4n) is 3.46. The first-order valence-corrected chi connectivity index (χ1v) is 13.5. The lowest BCUT2D eigenvalue weighted by Crippen LogP contribution is -2.25. The van der Waals surface area contributed by atoms with Crippen molar-refractivity contribution in [1.29, 1.82) is 0 Å². The largest absolute Gasteiger partial charge is 0.491 e. The molecule has 0 aliphatic rings. The molecule has 1 aromatic heterocycles. The third-order valence-electron chi connectivity index (χ3n) is 5.68. The number of hydrogen-bond donors (Lipinski definition) is 3. The molecule has 35 heavy (non-hydrogen) atoms. The van der Waals surface area contributed by atoms with Crippen molar-refractivity contribution in [3.63, 3.8) is 0 Å². The van der Waals surface area contributed by atoms with Crippen molar-refractivity contribution in [3.8, 4) is 11.5 Å². The van der Waals surface area contributed by atoms with Crippen molar-refractivity contribution < 1.29 is 24.8 Å². The molecule has 0 spiro atoms. The highest BCUT2D eigenvalue weighted by Crippen LogP contribution is 2.36. The number of aliphatic hydroxyl groups excluding tert-OH is 3. The normalized spacial score (nSPS) is 13.5. The van der Waals surface area contributed by atoms with Crippen molar-refractivity contribution in [2.24, 2.45) is 0 Å². The summed E-state index contributed by atoms with van der Waals surface area (Å²) in [6.07, 6.45) is 0.144. The molecule has 0 amide bonds. The topological polar surface area (TPSA) is 97.0 Å². The lowest BCUT2D eigenvalue weighted by atomic mass is 9.78. The molecule has 3 N–H and O–H groups in total. The van der Waals surface area contributed by atoms with Crippen LogP contribution in [0, 0.1) is 3.70 Å². The first kappa shape index (κ1) is 28.2. The lowest BCUT2D eigenvalue weighted by molar-refractivity contribution is 0.0885. The third-order valence-corrected chi connectivity index (χ3v) is 7.91. The van der Waals surface area contributed by atoms with Crippen LogP contribution in [0.15, 0.2) is 53.1 Å². The zero-order chi connectivity index (χ0) is 25.6. The van der Waals surface area contributed by atoms with Gasteiger partial charge in [-0.2, -0.15) is 5.10 Å². The van der Waals surface area contributed by atoms with Crippen LogP contribution < -0.4 is 9.47 Å². The predicted octanol–water partition coefficient (Wildman–Crippen LogP) is 4.49. The Kier molecular flexibility index (Phi) is 10.3. The Morgan fingerprint density at radius 1 is 1.06 bits per heavy atom. The van der Waals surface area contributed by atoms with Gasteiger partial charge in [0, 0.05) is 11.0 Å². The summed E-state index contributed by atoms with van der Waals surface area (Å²) in [6, 6.07) is 13.7. The second-order valence-electron chi connectivity index (χ2n) is 8.68. The van der Waals surface area contributed by atoms with Gasteiger partial charge in [0.05, 0.1) is 29.7 Å². The number of rotatable bonds is 12. The summed E-state index contributed by atoms with van der Waals surface area (Å²) in [7, 11) is 0. The van der Waals surface area contributed by atoms with Gasteiger partial charge >= 0.3 is 0 Å². The van der Waals surface area contributed by atoms with Crippen molar-refractivity contribution in [2.45, 2.75) is 44.6 Å². The molecule has 2 aromatic carbocycles. The monoisotopic (exact) mass is 678 g/mol. The van der Waals surface area contributed by atoms with E-state index < -0.39 is 12.2 Å². The maximum absolute atomic E-state index is 10.3. The fourth-order valence-corrected chi connectivity index (χ4v) is 4.67. The van der Waals surface area contributed by atoms with Gasteiger partial charge in [-0.1, -0.05) is 32.0 Å². The summed E-state index contributed by atoms with van der Waals surface area (Å²) in [5.74, 6) is 1.43. The third kappa shape index (κ3) is 7.33. The number of nitrogens with zero attached hydrogens (tertiary/aromatic N) is 2. The second kappa shape index (κ2) is 12.7. The Labute approximate surface area is 232 Å². The van der Waals surface area contributed by atoms with E-state index >= 15 is 0 Å². The van der Waals surface area contributed by atoms with Crippen LogP contribution in [-0.4, -0.2) is 56.4 Å². The molecule has 7 nitrogen and oxygen atoms in total. The van der Waals surface area contributed by atoms with Crippen LogP contribution in [0.2, 0.25) is 0 Å². The van der Waals surface area contributed by atoms with E-state index in [-0.39, 0.29) is 37.7 Å². The molecule has 0 fully saturated rings. The molecule has 2 atom stereocenters. The van der Waals surface area contributed by atoms with E-state index in [0.717, 1.165) is 24.9 Å². The summed E-state index contributed by atoms with van der Waals surface area (Å²) in [4.78, 5) is 0. The van der Waals surface area contributed by atoms with Crippen LogP contribution >= 0.6 is 50.1 Å². The molecule has 3 rings (SSSR count). The molecule has 1 heterocycles. The van der Waals surface area contributed by atoms with E-state index in [1.807, 2.05) is 42.5 Å². The number of aliphatic hydroxyl groups is 3. The second-order valence-corrected chi connectivity index (χ2v) is 10.9. The molecule has 3 aromatic rings. The zero-order valence-corrected chi connectivity index (χ0v) is 24.0. The van der Waals surface area contributed by atoms with E-state index in [4.69, 9.17) is 21.1 Å². The van der Waals surface area contributed by atoms with Crippen LogP contribution in [0.25, 0.3) is 0 Å². The Morgan fingerprint density at radius 3 is 2.31 bits per heavy atom. The van der Waals surface area contributed by atoms with Crippen molar-refractivity contribution in [2.75, 3.05) is 19.1 Å². The number of ether oxygens (including phenoxy) is 2. The van der Waals surface area contributed by atoms with Gasteiger partial charge in [0.15, 0.2) is 0 Å². The minimum Gasteiger partial charge on any atom is -0.491 e. The van der Waals surface area contributed by atoms with Gasteiger partial charge in [0.25, 0.3) is 0 Å². The number of hydrogen-bond acceptors (Lipinski definition) is 6. The molecule has 10 heteroatoms. The standard InChI is InChI=1S/C25H29BrClIN2O5/c1-25(2,18-5-8-23(22(26)9-18)35-14-19(32)10-27)17-3-6-21(7-4-17)34-15-20(33)12-30-24(28)16(13-31)11-29-30/h3-9,11,19-20,31-33H,10,12-15H2,1-2H3/t19-,20+/m1/s1. The molecule has 0 aliphatic heterocycles. The van der Waals surface area contributed by atoms with Crippen LogP contribution in [0.4, 0.5) is 0 Å². The Hall–Kier alpha value is -1.37. The van der Waals surface area contributed by atoms with Crippen molar-refractivity contribution >= 4 is 50.1 Å². The van der Waals surface area contributed by atoms with E-state index in [9.17, 15) is 15.3 Å². The van der Waals surface area contributed by atoms with Crippen LogP contribution in [0.1, 0.15) is 30.5 Å². The molecule has 0 saturated carbocycles. The Balaban J connectivity index is 1.60. The Bertz CT molecular complexity index is 1110. The Morgan fingerprint density at radius 2 is 1.71 bits per heavy atom. The summed E-state index contributed by atoms with van der Waals surface area (Å²) in [5.41, 5.74) is 2.65. The lowest BCUT2D eigenvalue weighted by Gasteiger charge is -2.27. The van der Waals surface area contributed by atoms with Gasteiger partial charge in [-0.15, -0.1) is 11.6 Å². The molecule has 0 unspecified atom stereocenters. The van der Waals surface area contributed by atoms with Gasteiger partial charge in [-0.05, 0) is 73.9 Å². The van der Waals surface area contributed by atoms with E-state index in [1.54, 1.807) is 10.9 Å². The van der Waals surface area contributed by atoms with Crippen LogP contribution in [0.5, 0.6) is 11.5 Å². The minimum absolute atomic E-state index is 0.0822. The first-order chi connectivity index (χ1) is 16.6. The van der Waals surface area contributed by atoms with E-state index in [0.29, 0.717) is 11.5 Å². The molecular weight excluding hydrogens is 651 g/mol. The van der Waals surface area contributed by atoms with Gasteiger partial charge in [0.2, 0.25) is 0 Å². The summed E-state index contributed by atoms with van der Waals surface area (Å²) in [5, 5.41) is 33.4. The summed E-state index contributed by atoms with van der Waals surface area (Å²) >= 11 is 11.3. The summed E-state index contributed by atoms with van der Waals surface area (Å²) in [6.45, 7) is 4.73. The highest BCUT2D eigenvalue weighted by molar-refractivity contribution is 14.1. The molecule has 190 valence electrons. The summed E-state index contributed by atoms with van der Waals surface area (Å²) < 4.78 is 14.7. The SMILES string of the molecule is CC(C)(c1ccc(OC[C@@H](O)Cn2ncc(CO)c2I)cc1)c1ccc(OC[C@H](O)CCl)c(Br)c1. The average Bonchev–Trinajstić information content (AvgIpc) is 3.20. The number of benzene rings is 2. The van der Waals surface area contributed by atoms with E-state index in [1.165, 1.54) is 0 Å². The average molecular weight is 680 g/mol. The number of aromatic nitrogens is 2. The van der Waals surface area contributed by atoms with Crippen molar-refractivity contribution in [1.82, 2.24) is 9.78 Å². The van der Waals surface area contributed by atoms with Gasteiger partial charge in [-0.25, -0.2) is 0 Å². The highest BCUT2D eigenvalue weighted by Gasteiger charge is 2.24. The molecule has 0 bridgehead atoms. The predicted molar refractivity (Wildman–Crippen MR) is 147 cm³/mol. The minimum atomic E-state index is -0.741. The number of halogens is 3.